The van der Waals surface area contributed by atoms with Crippen LogP contribution in [0.1, 0.15) is 17.2 Å². The van der Waals surface area contributed by atoms with E-state index in [0.717, 1.165) is 12.1 Å². The Kier molecular flexibility index (Phi) is 4.14. The summed E-state index contributed by atoms with van der Waals surface area (Å²) in [7, 11) is 0. The van der Waals surface area contributed by atoms with E-state index in [2.05, 4.69) is 10.1 Å². The topological polar surface area (TPSA) is 38.3 Å². The van der Waals surface area contributed by atoms with Gasteiger partial charge in [0.05, 0.1) is 5.56 Å². The minimum atomic E-state index is -4.42. The summed E-state index contributed by atoms with van der Waals surface area (Å²) in [5.74, 6) is -3.26. The maximum absolute atomic E-state index is 13.9. The molecule has 0 bridgehead atoms. The van der Waals surface area contributed by atoms with Gasteiger partial charge in [-0.15, -0.1) is 0 Å². The summed E-state index contributed by atoms with van der Waals surface area (Å²) in [4.78, 5) is 11.2. The van der Waals surface area contributed by atoms with E-state index in [4.69, 9.17) is 0 Å². The number of amides is 1. The van der Waals surface area contributed by atoms with Crippen LogP contribution >= 0.6 is 0 Å². The predicted octanol–water partition coefficient (Wildman–Crippen LogP) is 4.79. The molecule has 3 nitrogen and oxygen atoms in total. The van der Waals surface area contributed by atoms with E-state index < -0.39 is 36.4 Å². The Bertz CT molecular complexity index is 769. The van der Waals surface area contributed by atoms with Crippen molar-refractivity contribution in [3.8, 4) is 11.1 Å². The van der Waals surface area contributed by atoms with Gasteiger partial charge in [0.1, 0.15) is 6.04 Å². The predicted molar refractivity (Wildman–Crippen MR) is 79.1 cm³/mol. The van der Waals surface area contributed by atoms with Crippen molar-refractivity contribution in [3.63, 3.8) is 0 Å². The highest BCUT2D eigenvalue weighted by molar-refractivity contribution is 5.69. The second-order valence-corrected chi connectivity index (χ2v) is 5.61. The number of carbonyl (C=O) groups excluding carboxylic acids is 1. The lowest BCUT2D eigenvalue weighted by molar-refractivity contribution is -0.137. The summed E-state index contributed by atoms with van der Waals surface area (Å²) in [5, 5.41) is 2.07. The number of rotatable bonds is 2. The molecule has 3 rings (SSSR count). The molecule has 8 heteroatoms. The summed E-state index contributed by atoms with van der Waals surface area (Å²) in [6.07, 6.45) is -5.35. The van der Waals surface area contributed by atoms with Crippen LogP contribution in [0.3, 0.4) is 0 Å². The van der Waals surface area contributed by atoms with Gasteiger partial charge in [-0.2, -0.15) is 13.2 Å². The highest BCUT2D eigenvalue weighted by atomic mass is 19.4. The molecule has 1 aliphatic rings. The van der Waals surface area contributed by atoms with Crippen LogP contribution < -0.4 is 5.32 Å². The maximum Gasteiger partial charge on any atom is 0.416 e. The van der Waals surface area contributed by atoms with Gasteiger partial charge < -0.3 is 10.1 Å². The molecule has 2 aromatic rings. The fourth-order valence-corrected chi connectivity index (χ4v) is 2.56. The lowest BCUT2D eigenvalue weighted by atomic mass is 9.96. The van der Waals surface area contributed by atoms with Gasteiger partial charge in [0, 0.05) is 0 Å². The van der Waals surface area contributed by atoms with E-state index in [1.165, 1.54) is 36.4 Å². The third-order valence-corrected chi connectivity index (χ3v) is 3.87. The molecule has 2 aromatic carbocycles. The molecule has 1 N–H and O–H groups in total. The van der Waals surface area contributed by atoms with Crippen molar-refractivity contribution in [1.82, 2.24) is 5.32 Å². The first-order chi connectivity index (χ1) is 11.7. The number of alkyl halides is 5. The molecular weight excluding hydrogens is 345 g/mol. The van der Waals surface area contributed by atoms with Crippen molar-refractivity contribution in [2.24, 2.45) is 0 Å². The summed E-state index contributed by atoms with van der Waals surface area (Å²) in [6, 6.07) is 8.83. The number of nitrogens with one attached hydrogen (secondary N) is 1. The number of benzene rings is 2. The molecule has 1 amide bonds. The summed E-state index contributed by atoms with van der Waals surface area (Å²) >= 11 is 0. The van der Waals surface area contributed by atoms with Crippen molar-refractivity contribution < 1.29 is 31.5 Å². The van der Waals surface area contributed by atoms with Gasteiger partial charge in [-0.1, -0.05) is 36.4 Å². The highest BCUT2D eigenvalue weighted by Gasteiger charge is 2.46. The third kappa shape index (κ3) is 3.57. The average molecular weight is 357 g/mol. The van der Waals surface area contributed by atoms with Crippen LogP contribution in [0.4, 0.5) is 26.7 Å². The second kappa shape index (κ2) is 6.02. The van der Waals surface area contributed by atoms with Gasteiger partial charge in [0.2, 0.25) is 0 Å². The molecule has 1 heterocycles. The summed E-state index contributed by atoms with van der Waals surface area (Å²) < 4.78 is 69.7. The van der Waals surface area contributed by atoms with Crippen molar-refractivity contribution in [3.05, 3.63) is 59.7 Å². The first-order valence-electron chi connectivity index (χ1n) is 7.25. The van der Waals surface area contributed by atoms with Crippen LogP contribution in [0, 0.1) is 0 Å². The number of carbonyl (C=O) groups is 1. The van der Waals surface area contributed by atoms with Crippen molar-refractivity contribution in [1.29, 1.82) is 0 Å². The lowest BCUT2D eigenvalue weighted by Gasteiger charge is -2.31. The van der Waals surface area contributed by atoms with Gasteiger partial charge in [-0.3, -0.25) is 0 Å². The normalized spacial score (nSPS) is 19.9. The van der Waals surface area contributed by atoms with Crippen molar-refractivity contribution >= 4 is 6.09 Å². The van der Waals surface area contributed by atoms with Crippen LogP contribution in [0.2, 0.25) is 0 Å². The summed E-state index contributed by atoms with van der Waals surface area (Å²) in [6.45, 7) is -1.01. The molecule has 0 spiro atoms. The smallest absolute Gasteiger partial charge is 0.416 e. The third-order valence-electron chi connectivity index (χ3n) is 3.87. The fraction of sp³-hybridized carbons (Fsp3) is 0.235. The number of cyclic esters (lactones) is 1. The van der Waals surface area contributed by atoms with E-state index in [0.29, 0.717) is 11.1 Å². The van der Waals surface area contributed by atoms with Gasteiger partial charge >= 0.3 is 18.2 Å². The van der Waals surface area contributed by atoms with E-state index in [1.54, 1.807) is 0 Å². The zero-order valence-electron chi connectivity index (χ0n) is 12.6. The number of hydrogen-bond acceptors (Lipinski definition) is 2. The zero-order valence-corrected chi connectivity index (χ0v) is 12.6. The molecule has 1 saturated heterocycles. The Morgan fingerprint density at radius 2 is 1.48 bits per heavy atom. The first-order valence-corrected chi connectivity index (χ1v) is 7.25. The Labute approximate surface area is 139 Å². The Hall–Kier alpha value is -2.64. The van der Waals surface area contributed by atoms with E-state index in [9.17, 15) is 26.7 Å². The molecule has 1 atom stereocenters. The van der Waals surface area contributed by atoms with E-state index in [1.807, 2.05) is 0 Å². The zero-order chi connectivity index (χ0) is 18.2. The number of ether oxygens (including phenoxy) is 1. The SMILES string of the molecule is O=C1N[C@H](c2ccc(-c3ccc(C(F)(F)F)cc3)cc2)C(F)(F)CO1. The Morgan fingerprint density at radius 1 is 0.960 bits per heavy atom. The minimum absolute atomic E-state index is 0.178. The van der Waals surface area contributed by atoms with E-state index >= 15 is 0 Å². The largest absolute Gasteiger partial charge is 0.443 e. The van der Waals surface area contributed by atoms with Crippen LogP contribution in [-0.4, -0.2) is 18.6 Å². The van der Waals surface area contributed by atoms with Gasteiger partial charge in [-0.05, 0) is 28.8 Å². The second-order valence-electron chi connectivity index (χ2n) is 5.61. The molecule has 1 fully saturated rings. The summed E-state index contributed by atoms with van der Waals surface area (Å²) in [5.41, 5.74) is 0.497. The number of halogens is 5. The standard InChI is InChI=1S/C17H12F5NO2/c18-16(19)9-25-15(24)23-14(16)12-3-1-10(2-4-12)11-5-7-13(8-6-11)17(20,21)22/h1-8,14H,9H2,(H,23,24)/t14-/m1/s1. The molecule has 0 saturated carbocycles. The van der Waals surface area contributed by atoms with Crippen molar-refractivity contribution in [2.45, 2.75) is 18.1 Å². The molecule has 0 unspecified atom stereocenters. The maximum atomic E-state index is 13.9. The molecule has 0 aromatic heterocycles. The van der Waals surface area contributed by atoms with Gasteiger partial charge in [-0.25, -0.2) is 13.6 Å². The number of hydrogen-bond donors (Lipinski definition) is 1. The van der Waals surface area contributed by atoms with Crippen LogP contribution in [0.15, 0.2) is 48.5 Å². The Morgan fingerprint density at radius 3 is 2.00 bits per heavy atom. The molecule has 0 radical (unpaired) electrons. The average Bonchev–Trinajstić information content (AvgIpc) is 2.57. The number of alkyl carbamates (subject to hydrolysis) is 1. The minimum Gasteiger partial charge on any atom is -0.443 e. The lowest BCUT2D eigenvalue weighted by Crippen LogP contribution is -2.49. The van der Waals surface area contributed by atoms with Crippen LogP contribution in [-0.2, 0) is 10.9 Å². The van der Waals surface area contributed by atoms with Gasteiger partial charge in [0.25, 0.3) is 0 Å². The molecular formula is C17H12F5NO2. The quantitative estimate of drug-likeness (QED) is 0.785. The van der Waals surface area contributed by atoms with Crippen LogP contribution in [0.5, 0.6) is 0 Å². The molecule has 1 aliphatic heterocycles. The van der Waals surface area contributed by atoms with Crippen LogP contribution in [0.25, 0.3) is 11.1 Å². The molecule has 25 heavy (non-hydrogen) atoms. The first kappa shape index (κ1) is 17.2. The van der Waals surface area contributed by atoms with Gasteiger partial charge in [0.15, 0.2) is 6.61 Å². The monoisotopic (exact) mass is 357 g/mol. The van der Waals surface area contributed by atoms with Crippen molar-refractivity contribution in [2.75, 3.05) is 6.61 Å². The Balaban J connectivity index is 1.84. The molecule has 132 valence electrons. The highest BCUT2D eigenvalue weighted by Crippen LogP contribution is 2.35. The van der Waals surface area contributed by atoms with E-state index in [-0.39, 0.29) is 5.56 Å². The fourth-order valence-electron chi connectivity index (χ4n) is 2.56. The molecule has 0 aliphatic carbocycles.